The first-order valence-electron chi connectivity index (χ1n) is 13.0. The molecule has 1 atom stereocenters. The summed E-state index contributed by atoms with van der Waals surface area (Å²) in [5.41, 5.74) is 13.4. The van der Waals surface area contributed by atoms with E-state index in [0.29, 0.717) is 38.2 Å². The third-order valence-corrected chi connectivity index (χ3v) is 5.41. The molecular formula is C29H41N3O8P-. The number of phenols is 2. The molecule has 0 saturated carbocycles. The lowest BCUT2D eigenvalue weighted by Crippen LogP contribution is -2.33. The minimum atomic E-state index is -4.69. The summed E-state index contributed by atoms with van der Waals surface area (Å²) < 4.78 is 19.7. The molecular weight excluding hydrogens is 549 g/mol. The zero-order valence-electron chi connectivity index (χ0n) is 23.7. The van der Waals surface area contributed by atoms with Crippen molar-refractivity contribution in [2.45, 2.75) is 45.6 Å². The summed E-state index contributed by atoms with van der Waals surface area (Å²) in [5, 5.41) is 20.7. The molecule has 0 radical (unpaired) electrons. The van der Waals surface area contributed by atoms with Gasteiger partial charge in [0.25, 0.3) is 0 Å². The Kier molecular flexibility index (Phi) is 15.5. The van der Waals surface area contributed by atoms with E-state index < -0.39 is 19.5 Å². The molecule has 1 unspecified atom stereocenters. The van der Waals surface area contributed by atoms with Crippen molar-refractivity contribution in [3.05, 3.63) is 89.5 Å². The smallest absolute Gasteiger partial charge is 0.407 e. The molecule has 3 aromatic rings. The highest BCUT2D eigenvalue weighted by molar-refractivity contribution is 7.45. The van der Waals surface area contributed by atoms with E-state index in [1.165, 1.54) is 17.7 Å². The lowest BCUT2D eigenvalue weighted by Gasteiger charge is -2.19. The molecule has 41 heavy (non-hydrogen) atoms. The number of carbonyl (C=O) groups is 1. The number of aromatic hydroxyl groups is 2. The predicted molar refractivity (Wildman–Crippen MR) is 157 cm³/mol. The van der Waals surface area contributed by atoms with Crippen molar-refractivity contribution in [1.82, 2.24) is 5.32 Å². The molecule has 11 nitrogen and oxygen atoms in total. The van der Waals surface area contributed by atoms with Crippen LogP contribution in [0.2, 0.25) is 0 Å². The molecule has 0 aliphatic carbocycles. The molecule has 1 amide bonds. The molecule has 0 aliphatic heterocycles. The minimum Gasteiger partial charge on any atom is -0.746 e. The lowest BCUT2D eigenvalue weighted by molar-refractivity contribution is -0.211. The van der Waals surface area contributed by atoms with Crippen LogP contribution in [-0.2, 0) is 28.6 Å². The normalized spacial score (nSPS) is 12.0. The van der Waals surface area contributed by atoms with Gasteiger partial charge < -0.3 is 46.0 Å². The van der Waals surface area contributed by atoms with Crippen LogP contribution in [0.3, 0.4) is 0 Å². The van der Waals surface area contributed by atoms with Crippen LogP contribution < -0.4 is 26.2 Å². The number of amides is 1. The average molecular weight is 591 g/mol. The van der Waals surface area contributed by atoms with E-state index in [0.717, 1.165) is 17.5 Å². The number of nitrogens with one attached hydrogen (secondary N) is 1. The SMILES string of the molecule is CC(C)(C)OC(=O)NCCc1ccc(O)cc1.NCCc1ccc(O)cc1.NCCc1ccc(OP(=O)([O-])O)cc1. The number of carbonyl (C=O) groups excluding carboxylic acids is 1. The summed E-state index contributed by atoms with van der Waals surface area (Å²) in [6, 6.07) is 20.3. The van der Waals surface area contributed by atoms with Gasteiger partial charge in [-0.25, -0.2) is 4.79 Å². The Morgan fingerprint density at radius 1 is 0.805 bits per heavy atom. The first kappa shape index (κ1) is 35.4. The maximum absolute atomic E-state index is 11.3. The Morgan fingerprint density at radius 3 is 1.56 bits per heavy atom. The molecule has 0 saturated heterocycles. The Labute approximate surface area is 241 Å². The van der Waals surface area contributed by atoms with E-state index >= 15 is 0 Å². The second-order valence-electron chi connectivity index (χ2n) is 9.79. The number of hydrogen-bond acceptors (Lipinski definition) is 9. The maximum atomic E-state index is 11.3. The standard InChI is InChI=1S/C13H19NO3.C8H12NO4P.C8H11NO/c1-13(2,3)17-12(16)14-9-8-10-4-6-11(15)7-5-10;9-6-5-7-1-3-8(4-2-7)13-14(10,11)12;9-6-5-7-1-3-8(10)4-2-7/h4-7,15H,8-9H2,1-3H3,(H,14,16);1-4H,5-6,9H2,(H2,10,11,12);1-4,10H,5-6,9H2/p-1. The molecule has 226 valence electrons. The Balaban J connectivity index is 0.000000318. The number of phenolic OH excluding ortho intramolecular Hbond substituents is 2. The van der Waals surface area contributed by atoms with Gasteiger partial charge >= 0.3 is 13.9 Å². The van der Waals surface area contributed by atoms with Gasteiger partial charge in [0.2, 0.25) is 0 Å². The summed E-state index contributed by atoms with van der Waals surface area (Å²) in [4.78, 5) is 30.1. The molecule has 3 aromatic carbocycles. The van der Waals surface area contributed by atoms with E-state index in [-0.39, 0.29) is 11.5 Å². The van der Waals surface area contributed by atoms with Gasteiger partial charge in [0.05, 0.1) is 0 Å². The van der Waals surface area contributed by atoms with Crippen molar-refractivity contribution in [2.24, 2.45) is 11.5 Å². The fourth-order valence-electron chi connectivity index (χ4n) is 3.13. The highest BCUT2D eigenvalue weighted by atomic mass is 31.2. The molecule has 3 rings (SSSR count). The van der Waals surface area contributed by atoms with Gasteiger partial charge in [-0.2, -0.15) is 0 Å². The van der Waals surface area contributed by atoms with Crippen molar-refractivity contribution in [3.63, 3.8) is 0 Å². The average Bonchev–Trinajstić information content (AvgIpc) is 2.87. The van der Waals surface area contributed by atoms with Crippen molar-refractivity contribution < 1.29 is 38.6 Å². The Bertz CT molecular complexity index is 1190. The minimum absolute atomic E-state index is 0.0894. The molecule has 0 aliphatic rings. The monoisotopic (exact) mass is 590 g/mol. The highest BCUT2D eigenvalue weighted by Crippen LogP contribution is 2.32. The molecule has 0 spiro atoms. The first-order valence-corrected chi connectivity index (χ1v) is 14.5. The number of hydrogen-bond donors (Lipinski definition) is 6. The number of phosphoric ester groups is 1. The fraction of sp³-hybridized carbons (Fsp3) is 0.345. The van der Waals surface area contributed by atoms with Crippen molar-refractivity contribution >= 4 is 13.9 Å². The molecule has 8 N–H and O–H groups in total. The van der Waals surface area contributed by atoms with Crippen LogP contribution in [0.15, 0.2) is 72.8 Å². The van der Waals surface area contributed by atoms with Crippen LogP contribution in [0.1, 0.15) is 37.5 Å². The van der Waals surface area contributed by atoms with Crippen LogP contribution in [-0.4, -0.2) is 46.4 Å². The quantitative estimate of drug-likeness (QED) is 0.201. The fourth-order valence-corrected chi connectivity index (χ4v) is 3.52. The highest BCUT2D eigenvalue weighted by Gasteiger charge is 2.15. The third-order valence-electron chi connectivity index (χ3n) is 4.96. The Hall–Kier alpha value is -3.60. The zero-order chi connectivity index (χ0) is 30.9. The summed E-state index contributed by atoms with van der Waals surface area (Å²) >= 11 is 0. The van der Waals surface area contributed by atoms with Gasteiger partial charge in [-0.3, -0.25) is 4.57 Å². The van der Waals surface area contributed by atoms with E-state index in [2.05, 4.69) is 9.84 Å². The molecule has 0 bridgehead atoms. The Morgan fingerprint density at radius 2 is 1.20 bits per heavy atom. The van der Waals surface area contributed by atoms with Gasteiger partial charge in [-0.15, -0.1) is 0 Å². The van der Waals surface area contributed by atoms with Crippen LogP contribution in [0.25, 0.3) is 0 Å². The number of alkyl carbamates (subject to hydrolysis) is 1. The van der Waals surface area contributed by atoms with Crippen molar-refractivity contribution in [2.75, 3.05) is 19.6 Å². The number of nitrogens with two attached hydrogens (primary N) is 2. The van der Waals surface area contributed by atoms with Gasteiger partial charge in [-0.1, -0.05) is 36.4 Å². The summed E-state index contributed by atoms with van der Waals surface area (Å²) in [6.07, 6.45) is 1.89. The topological polar surface area (TPSA) is 200 Å². The second kappa shape index (κ2) is 18.0. The maximum Gasteiger partial charge on any atom is 0.407 e. The van der Waals surface area contributed by atoms with Crippen molar-refractivity contribution in [3.8, 4) is 17.2 Å². The number of rotatable bonds is 9. The molecule has 0 fully saturated rings. The third kappa shape index (κ3) is 18.4. The van der Waals surface area contributed by atoms with E-state index in [9.17, 15) is 14.3 Å². The number of phosphoric acid groups is 1. The van der Waals surface area contributed by atoms with E-state index in [1.807, 2.05) is 45.0 Å². The predicted octanol–water partition coefficient (Wildman–Crippen LogP) is 3.38. The van der Waals surface area contributed by atoms with Crippen LogP contribution in [0.4, 0.5) is 4.79 Å². The lowest BCUT2D eigenvalue weighted by atomic mass is 10.1. The van der Waals surface area contributed by atoms with Gasteiger partial charge in [0.1, 0.15) is 22.8 Å². The van der Waals surface area contributed by atoms with Crippen molar-refractivity contribution in [1.29, 1.82) is 0 Å². The largest absolute Gasteiger partial charge is 0.746 e. The number of benzene rings is 3. The summed E-state index contributed by atoms with van der Waals surface area (Å²) in [7, 11) is -4.69. The van der Waals surface area contributed by atoms with Crippen LogP contribution >= 0.6 is 7.82 Å². The van der Waals surface area contributed by atoms with Crippen LogP contribution in [0, 0.1) is 0 Å². The molecule has 12 heteroatoms. The first-order chi connectivity index (χ1) is 19.2. The number of ether oxygens (including phenoxy) is 1. The second-order valence-corrected chi connectivity index (χ2v) is 10.9. The summed E-state index contributed by atoms with van der Waals surface area (Å²) in [5.74, 6) is 0.640. The molecule has 0 heterocycles. The zero-order valence-corrected chi connectivity index (χ0v) is 24.6. The summed E-state index contributed by atoms with van der Waals surface area (Å²) in [6.45, 7) is 7.18. The van der Waals surface area contributed by atoms with E-state index in [1.54, 1.807) is 36.4 Å². The molecule has 0 aromatic heterocycles. The van der Waals surface area contributed by atoms with Gasteiger partial charge in [0.15, 0.2) is 0 Å². The van der Waals surface area contributed by atoms with Crippen LogP contribution in [0.5, 0.6) is 17.2 Å². The van der Waals surface area contributed by atoms with Gasteiger partial charge in [0, 0.05) is 6.54 Å². The van der Waals surface area contributed by atoms with Gasteiger partial charge in [-0.05, 0) is 106 Å². The van der Waals surface area contributed by atoms with E-state index in [4.69, 9.17) is 31.3 Å².